The molecule has 1 N–H and O–H groups in total. The van der Waals surface area contributed by atoms with Gasteiger partial charge in [0, 0.05) is 28.7 Å². The van der Waals surface area contributed by atoms with Gasteiger partial charge in [0.25, 0.3) is 0 Å². The highest BCUT2D eigenvalue weighted by Gasteiger charge is 2.23. The van der Waals surface area contributed by atoms with Crippen LogP contribution in [0.4, 0.5) is 0 Å². The quantitative estimate of drug-likeness (QED) is 0.879. The van der Waals surface area contributed by atoms with E-state index >= 15 is 0 Å². The molecule has 0 amide bonds. The van der Waals surface area contributed by atoms with E-state index in [0.29, 0.717) is 10.0 Å². The van der Waals surface area contributed by atoms with Crippen molar-refractivity contribution in [3.05, 3.63) is 33.8 Å². The lowest BCUT2D eigenvalue weighted by atomic mass is 10.1. The van der Waals surface area contributed by atoms with Crippen molar-refractivity contribution in [2.24, 2.45) is 0 Å². The highest BCUT2D eigenvalue weighted by atomic mass is 35.5. The van der Waals surface area contributed by atoms with Crippen LogP contribution in [0.5, 0.6) is 0 Å². The molecule has 1 aliphatic rings. The Kier molecular flexibility index (Phi) is 4.09. The van der Waals surface area contributed by atoms with Crippen LogP contribution in [0.25, 0.3) is 0 Å². The highest BCUT2D eigenvalue weighted by Crippen LogP contribution is 2.30. The Morgan fingerprint density at radius 1 is 1.38 bits per heavy atom. The molecule has 4 heteroatoms. The van der Waals surface area contributed by atoms with Crippen molar-refractivity contribution in [3.63, 3.8) is 0 Å². The second-order valence-electron chi connectivity index (χ2n) is 3.98. The summed E-state index contributed by atoms with van der Waals surface area (Å²) >= 11 is 12.1. The fourth-order valence-electron chi connectivity index (χ4n) is 1.89. The Balaban J connectivity index is 2.19. The molecule has 0 radical (unpaired) electrons. The lowest BCUT2D eigenvalue weighted by Gasteiger charge is -2.31. The van der Waals surface area contributed by atoms with Gasteiger partial charge in [-0.25, -0.2) is 0 Å². The molecule has 2 rings (SSSR count). The second kappa shape index (κ2) is 5.37. The largest absolute Gasteiger partial charge is 0.368 e. The zero-order chi connectivity index (χ0) is 11.5. The Labute approximate surface area is 106 Å². The van der Waals surface area contributed by atoms with Crippen LogP contribution in [0.1, 0.15) is 25.0 Å². The van der Waals surface area contributed by atoms with Crippen molar-refractivity contribution in [3.8, 4) is 0 Å². The van der Waals surface area contributed by atoms with Crippen molar-refractivity contribution in [2.75, 3.05) is 13.1 Å². The van der Waals surface area contributed by atoms with Gasteiger partial charge in [0.2, 0.25) is 0 Å². The summed E-state index contributed by atoms with van der Waals surface area (Å²) in [6.45, 7) is 3.82. The molecule has 1 aromatic rings. The molecule has 88 valence electrons. The van der Waals surface area contributed by atoms with Gasteiger partial charge in [0.05, 0.1) is 12.2 Å². The molecule has 0 spiro atoms. The van der Waals surface area contributed by atoms with Crippen LogP contribution in [-0.2, 0) is 4.74 Å². The van der Waals surface area contributed by atoms with Gasteiger partial charge in [-0.15, -0.1) is 0 Å². The van der Waals surface area contributed by atoms with Gasteiger partial charge in [0.15, 0.2) is 0 Å². The standard InChI is InChI=1S/C12H15Cl2NO/c1-2-9-6-15-7-12(16-9)10-5-8(13)3-4-11(10)14/h3-5,9,12,15H,2,6-7H2,1H3. The molecule has 2 atom stereocenters. The number of benzene rings is 1. The molecular formula is C12H15Cl2NO. The predicted octanol–water partition coefficient (Wildman–Crippen LogP) is 3.43. The Bertz CT molecular complexity index is 370. The van der Waals surface area contributed by atoms with Gasteiger partial charge in [0.1, 0.15) is 0 Å². The molecule has 2 unspecified atom stereocenters. The van der Waals surface area contributed by atoms with Crippen LogP contribution < -0.4 is 5.32 Å². The maximum absolute atomic E-state index is 6.15. The van der Waals surface area contributed by atoms with E-state index in [1.54, 1.807) is 6.07 Å². The monoisotopic (exact) mass is 259 g/mol. The first-order valence-corrected chi connectivity index (χ1v) is 6.27. The van der Waals surface area contributed by atoms with E-state index in [1.165, 1.54) is 0 Å². The molecule has 0 bridgehead atoms. The number of hydrogen-bond donors (Lipinski definition) is 1. The van der Waals surface area contributed by atoms with Crippen molar-refractivity contribution in [2.45, 2.75) is 25.6 Å². The molecule has 1 saturated heterocycles. The molecule has 1 aliphatic heterocycles. The molecular weight excluding hydrogens is 245 g/mol. The van der Waals surface area contributed by atoms with Gasteiger partial charge in [-0.2, -0.15) is 0 Å². The van der Waals surface area contributed by atoms with Crippen LogP contribution in [-0.4, -0.2) is 19.2 Å². The predicted molar refractivity (Wildman–Crippen MR) is 67.2 cm³/mol. The first kappa shape index (κ1) is 12.2. The SMILES string of the molecule is CCC1CNCC(c2cc(Cl)ccc2Cl)O1. The van der Waals surface area contributed by atoms with Crippen LogP contribution in [0.15, 0.2) is 18.2 Å². The van der Waals surface area contributed by atoms with Crippen LogP contribution in [0.2, 0.25) is 10.0 Å². The fourth-order valence-corrected chi connectivity index (χ4v) is 2.31. The van der Waals surface area contributed by atoms with Gasteiger partial charge >= 0.3 is 0 Å². The summed E-state index contributed by atoms with van der Waals surface area (Å²) in [5.74, 6) is 0. The third-order valence-electron chi connectivity index (χ3n) is 2.82. The average Bonchev–Trinajstić information content (AvgIpc) is 2.32. The molecule has 1 heterocycles. The third kappa shape index (κ3) is 2.69. The van der Waals surface area contributed by atoms with E-state index in [1.807, 2.05) is 12.1 Å². The minimum atomic E-state index is 0.00454. The van der Waals surface area contributed by atoms with Crippen molar-refractivity contribution in [1.29, 1.82) is 0 Å². The van der Waals surface area contributed by atoms with Crippen LogP contribution in [0, 0.1) is 0 Å². The Morgan fingerprint density at radius 2 is 2.19 bits per heavy atom. The van der Waals surface area contributed by atoms with Gasteiger partial charge in [-0.3, -0.25) is 0 Å². The average molecular weight is 260 g/mol. The lowest BCUT2D eigenvalue weighted by molar-refractivity contribution is -0.0399. The zero-order valence-electron chi connectivity index (χ0n) is 9.17. The molecule has 16 heavy (non-hydrogen) atoms. The normalized spacial score (nSPS) is 25.7. The lowest BCUT2D eigenvalue weighted by Crippen LogP contribution is -2.40. The van der Waals surface area contributed by atoms with E-state index in [2.05, 4.69) is 12.2 Å². The number of hydrogen-bond acceptors (Lipinski definition) is 2. The Morgan fingerprint density at radius 3 is 2.94 bits per heavy atom. The summed E-state index contributed by atoms with van der Waals surface area (Å²) in [6.07, 6.45) is 1.26. The molecule has 0 aliphatic carbocycles. The molecule has 1 aromatic carbocycles. The zero-order valence-corrected chi connectivity index (χ0v) is 10.7. The van der Waals surface area contributed by atoms with E-state index in [0.717, 1.165) is 25.1 Å². The molecule has 2 nitrogen and oxygen atoms in total. The van der Waals surface area contributed by atoms with Crippen LogP contribution >= 0.6 is 23.2 Å². The van der Waals surface area contributed by atoms with Gasteiger partial charge < -0.3 is 10.1 Å². The summed E-state index contributed by atoms with van der Waals surface area (Å²) in [5, 5.41) is 4.77. The minimum Gasteiger partial charge on any atom is -0.368 e. The van der Waals surface area contributed by atoms with E-state index in [-0.39, 0.29) is 12.2 Å². The topological polar surface area (TPSA) is 21.3 Å². The smallest absolute Gasteiger partial charge is 0.0968 e. The third-order valence-corrected chi connectivity index (χ3v) is 3.40. The maximum atomic E-state index is 6.15. The maximum Gasteiger partial charge on any atom is 0.0968 e. The summed E-state index contributed by atoms with van der Waals surface area (Å²) in [5.41, 5.74) is 0.972. The first-order chi connectivity index (χ1) is 7.70. The molecule has 0 aromatic heterocycles. The van der Waals surface area contributed by atoms with Crippen molar-refractivity contribution < 1.29 is 4.74 Å². The minimum absolute atomic E-state index is 0.00454. The number of halogens is 2. The number of nitrogens with one attached hydrogen (secondary N) is 1. The summed E-state index contributed by atoms with van der Waals surface area (Å²) < 4.78 is 5.95. The number of ether oxygens (including phenoxy) is 1. The summed E-state index contributed by atoms with van der Waals surface area (Å²) in [6, 6.07) is 5.49. The number of morpholine rings is 1. The van der Waals surface area contributed by atoms with Crippen molar-refractivity contribution in [1.82, 2.24) is 5.32 Å². The van der Waals surface area contributed by atoms with Gasteiger partial charge in [-0.05, 0) is 24.6 Å². The van der Waals surface area contributed by atoms with Gasteiger partial charge in [-0.1, -0.05) is 30.1 Å². The summed E-state index contributed by atoms with van der Waals surface area (Å²) in [4.78, 5) is 0. The fraction of sp³-hybridized carbons (Fsp3) is 0.500. The van der Waals surface area contributed by atoms with E-state index in [9.17, 15) is 0 Å². The van der Waals surface area contributed by atoms with E-state index < -0.39 is 0 Å². The molecule has 0 saturated carbocycles. The first-order valence-electron chi connectivity index (χ1n) is 5.52. The summed E-state index contributed by atoms with van der Waals surface area (Å²) in [7, 11) is 0. The Hall–Kier alpha value is -0.280. The molecule has 1 fully saturated rings. The highest BCUT2D eigenvalue weighted by molar-refractivity contribution is 6.33. The van der Waals surface area contributed by atoms with Crippen LogP contribution in [0.3, 0.4) is 0 Å². The van der Waals surface area contributed by atoms with E-state index in [4.69, 9.17) is 27.9 Å². The van der Waals surface area contributed by atoms with Crippen molar-refractivity contribution >= 4 is 23.2 Å². The number of rotatable bonds is 2. The second-order valence-corrected chi connectivity index (χ2v) is 4.82.